The Balaban J connectivity index is 1.75. The Hall–Kier alpha value is 0.0900. The molecule has 0 radical (unpaired) electrons. The highest BCUT2D eigenvalue weighted by Gasteiger charge is 2.27. The number of hydrogen-bond acceptors (Lipinski definition) is 4. The van der Waals surface area contributed by atoms with Crippen LogP contribution in [0.25, 0.3) is 0 Å². The fraction of sp³-hybridized carbons (Fsp3) is 0.600. The fourth-order valence-corrected chi connectivity index (χ4v) is 5.20. The lowest BCUT2D eigenvalue weighted by molar-refractivity contribution is 0.522. The van der Waals surface area contributed by atoms with Crippen molar-refractivity contribution < 1.29 is 8.42 Å². The third-order valence-corrected chi connectivity index (χ3v) is 6.50. The van der Waals surface area contributed by atoms with Crippen molar-refractivity contribution in [2.45, 2.75) is 13.0 Å². The van der Waals surface area contributed by atoms with Gasteiger partial charge in [-0.15, -0.1) is 11.3 Å². The van der Waals surface area contributed by atoms with Crippen molar-refractivity contribution in [3.05, 3.63) is 20.8 Å². The summed E-state index contributed by atoms with van der Waals surface area (Å²) in [7, 11) is -2.73. The van der Waals surface area contributed by atoms with Crippen LogP contribution in [0.15, 0.2) is 15.9 Å². The molecule has 1 aromatic rings. The highest BCUT2D eigenvalue weighted by atomic mass is 79.9. The molecule has 0 amide bonds. The normalized spacial score (nSPS) is 23.7. The van der Waals surface area contributed by atoms with Gasteiger partial charge in [-0.2, -0.15) is 0 Å². The average molecular weight is 324 g/mol. The first-order chi connectivity index (χ1) is 7.57. The van der Waals surface area contributed by atoms with Crippen LogP contribution >= 0.6 is 27.3 Å². The van der Waals surface area contributed by atoms with Gasteiger partial charge in [0.25, 0.3) is 0 Å². The van der Waals surface area contributed by atoms with Crippen molar-refractivity contribution in [2.75, 3.05) is 18.1 Å². The maximum absolute atomic E-state index is 11.3. The summed E-state index contributed by atoms with van der Waals surface area (Å²) in [6.07, 6.45) is 0.806. The number of nitrogens with one attached hydrogen (secondary N) is 1. The third-order valence-electron chi connectivity index (χ3n) is 2.74. The lowest BCUT2D eigenvalue weighted by Crippen LogP contribution is -2.23. The zero-order chi connectivity index (χ0) is 11.6. The molecular weight excluding hydrogens is 310 g/mol. The molecule has 1 fully saturated rings. The largest absolute Gasteiger partial charge is 0.312 e. The topological polar surface area (TPSA) is 46.2 Å². The number of halogens is 1. The van der Waals surface area contributed by atoms with Gasteiger partial charge in [-0.25, -0.2) is 8.42 Å². The van der Waals surface area contributed by atoms with E-state index in [4.69, 9.17) is 0 Å². The van der Waals surface area contributed by atoms with Crippen LogP contribution < -0.4 is 5.32 Å². The van der Waals surface area contributed by atoms with E-state index in [-0.39, 0.29) is 0 Å². The van der Waals surface area contributed by atoms with Crippen LogP contribution in [0.5, 0.6) is 0 Å². The predicted octanol–water partition coefficient (Wildman–Crippen LogP) is 2.03. The minimum absolute atomic E-state index is 0.295. The van der Waals surface area contributed by atoms with E-state index in [2.05, 4.69) is 21.2 Å². The van der Waals surface area contributed by atoms with Crippen LogP contribution in [0.2, 0.25) is 0 Å². The molecule has 1 aliphatic heterocycles. The Morgan fingerprint density at radius 2 is 2.38 bits per heavy atom. The van der Waals surface area contributed by atoms with Gasteiger partial charge >= 0.3 is 0 Å². The molecule has 1 aliphatic rings. The summed E-state index contributed by atoms with van der Waals surface area (Å²) < 4.78 is 23.6. The molecule has 16 heavy (non-hydrogen) atoms. The van der Waals surface area contributed by atoms with Crippen molar-refractivity contribution in [1.29, 1.82) is 0 Å². The lowest BCUT2D eigenvalue weighted by Gasteiger charge is -2.08. The van der Waals surface area contributed by atoms with Crippen LogP contribution in [0, 0.1) is 5.92 Å². The van der Waals surface area contributed by atoms with Crippen LogP contribution in [-0.4, -0.2) is 26.5 Å². The monoisotopic (exact) mass is 323 g/mol. The Bertz CT molecular complexity index is 455. The van der Waals surface area contributed by atoms with Gasteiger partial charge in [-0.05, 0) is 46.3 Å². The quantitative estimate of drug-likeness (QED) is 0.922. The second kappa shape index (κ2) is 5.16. The van der Waals surface area contributed by atoms with Crippen molar-refractivity contribution in [3.63, 3.8) is 0 Å². The number of sulfone groups is 1. The van der Waals surface area contributed by atoms with Gasteiger partial charge in [0, 0.05) is 15.9 Å². The predicted molar refractivity (Wildman–Crippen MR) is 70.5 cm³/mol. The average Bonchev–Trinajstić information content (AvgIpc) is 2.74. The molecule has 1 atom stereocenters. The summed E-state index contributed by atoms with van der Waals surface area (Å²) in [6, 6.07) is 2.03. The molecule has 3 nitrogen and oxygen atoms in total. The van der Waals surface area contributed by atoms with E-state index in [1.54, 1.807) is 11.3 Å². The maximum atomic E-state index is 11.3. The lowest BCUT2D eigenvalue weighted by atomic mass is 10.1. The Labute approximate surface area is 108 Å². The smallest absolute Gasteiger partial charge is 0.150 e. The fourth-order valence-electron chi connectivity index (χ4n) is 1.87. The summed E-state index contributed by atoms with van der Waals surface area (Å²) in [5, 5.41) is 5.37. The van der Waals surface area contributed by atoms with Crippen LogP contribution in [0.1, 0.15) is 11.3 Å². The molecule has 1 aromatic heterocycles. The first-order valence-electron chi connectivity index (χ1n) is 5.20. The van der Waals surface area contributed by atoms with E-state index in [0.29, 0.717) is 17.4 Å². The zero-order valence-corrected chi connectivity index (χ0v) is 12.0. The molecule has 2 rings (SSSR count). The Morgan fingerprint density at radius 1 is 1.56 bits per heavy atom. The molecule has 1 saturated heterocycles. The molecule has 0 aliphatic carbocycles. The summed E-state index contributed by atoms with van der Waals surface area (Å²) in [4.78, 5) is 1.26. The van der Waals surface area contributed by atoms with Gasteiger partial charge in [-0.1, -0.05) is 0 Å². The van der Waals surface area contributed by atoms with Crippen LogP contribution in [0.4, 0.5) is 0 Å². The van der Waals surface area contributed by atoms with Crippen molar-refractivity contribution in [2.24, 2.45) is 5.92 Å². The Morgan fingerprint density at radius 3 is 2.94 bits per heavy atom. The van der Waals surface area contributed by atoms with Gasteiger partial charge in [0.1, 0.15) is 0 Å². The first kappa shape index (κ1) is 12.5. The second-order valence-electron chi connectivity index (χ2n) is 4.09. The number of rotatable bonds is 4. The van der Waals surface area contributed by atoms with Crippen molar-refractivity contribution in [1.82, 2.24) is 5.32 Å². The summed E-state index contributed by atoms with van der Waals surface area (Å²) in [6.45, 7) is 1.61. The standard InChI is InChI=1S/C10H14BrNO2S2/c11-9-1-3-15-10(9)6-12-5-8-2-4-16(13,14)7-8/h1,3,8,12H,2,4-7H2. The third kappa shape index (κ3) is 3.29. The van der Waals surface area contributed by atoms with E-state index in [1.165, 1.54) is 4.88 Å². The van der Waals surface area contributed by atoms with Gasteiger partial charge in [0.2, 0.25) is 0 Å². The summed E-state index contributed by atoms with van der Waals surface area (Å²) >= 11 is 5.18. The molecular formula is C10H14BrNO2S2. The molecule has 0 spiro atoms. The van der Waals surface area contributed by atoms with Crippen LogP contribution in [-0.2, 0) is 16.4 Å². The highest BCUT2D eigenvalue weighted by Crippen LogP contribution is 2.22. The van der Waals surface area contributed by atoms with Gasteiger partial charge in [0.05, 0.1) is 11.5 Å². The van der Waals surface area contributed by atoms with Gasteiger partial charge in [0.15, 0.2) is 9.84 Å². The molecule has 1 unspecified atom stereocenters. The molecule has 0 aromatic carbocycles. The number of thiophene rings is 1. The molecule has 1 N–H and O–H groups in total. The minimum Gasteiger partial charge on any atom is -0.312 e. The van der Waals surface area contributed by atoms with E-state index in [9.17, 15) is 8.42 Å². The second-order valence-corrected chi connectivity index (χ2v) is 8.18. The first-order valence-corrected chi connectivity index (χ1v) is 8.69. The SMILES string of the molecule is O=S1(=O)CCC(CNCc2sccc2Br)C1. The molecule has 0 bridgehead atoms. The number of hydrogen-bond donors (Lipinski definition) is 1. The van der Waals surface area contributed by atoms with Crippen molar-refractivity contribution >= 4 is 37.1 Å². The van der Waals surface area contributed by atoms with Crippen LogP contribution in [0.3, 0.4) is 0 Å². The van der Waals surface area contributed by atoms with E-state index >= 15 is 0 Å². The molecule has 90 valence electrons. The molecule has 0 saturated carbocycles. The summed E-state index contributed by atoms with van der Waals surface area (Å²) in [5.41, 5.74) is 0. The maximum Gasteiger partial charge on any atom is 0.150 e. The zero-order valence-electron chi connectivity index (χ0n) is 8.78. The van der Waals surface area contributed by atoms with E-state index in [1.807, 2.05) is 11.4 Å². The minimum atomic E-state index is -2.73. The van der Waals surface area contributed by atoms with Gasteiger partial charge in [-0.3, -0.25) is 0 Å². The van der Waals surface area contributed by atoms with Gasteiger partial charge < -0.3 is 5.32 Å². The van der Waals surface area contributed by atoms with E-state index < -0.39 is 9.84 Å². The Kier molecular flexibility index (Phi) is 4.05. The molecule has 6 heteroatoms. The molecule has 2 heterocycles. The van der Waals surface area contributed by atoms with E-state index in [0.717, 1.165) is 24.0 Å². The summed E-state index contributed by atoms with van der Waals surface area (Å²) in [5.74, 6) is 1.01. The highest BCUT2D eigenvalue weighted by molar-refractivity contribution is 9.10. The van der Waals surface area contributed by atoms with Crippen molar-refractivity contribution in [3.8, 4) is 0 Å².